The first-order valence-corrected chi connectivity index (χ1v) is 7.52. The first kappa shape index (κ1) is 17.5. The SMILES string of the molecule is Cc1cc(NC(=O)CN(C)C(=O)COc2ccc(C)c(C)c2)no1. The molecule has 0 saturated heterocycles. The normalized spacial score (nSPS) is 10.3. The molecule has 1 heterocycles. The second-order valence-corrected chi connectivity index (χ2v) is 5.66. The predicted octanol–water partition coefficient (Wildman–Crippen LogP) is 2.08. The van der Waals surface area contributed by atoms with Gasteiger partial charge in [0.15, 0.2) is 12.4 Å². The van der Waals surface area contributed by atoms with Crippen LogP contribution in [0.3, 0.4) is 0 Å². The van der Waals surface area contributed by atoms with Gasteiger partial charge in [-0.05, 0) is 44.0 Å². The van der Waals surface area contributed by atoms with Crippen LogP contribution in [0.25, 0.3) is 0 Å². The zero-order valence-electron chi connectivity index (χ0n) is 14.3. The van der Waals surface area contributed by atoms with E-state index in [0.29, 0.717) is 17.3 Å². The summed E-state index contributed by atoms with van der Waals surface area (Å²) in [6, 6.07) is 7.23. The summed E-state index contributed by atoms with van der Waals surface area (Å²) in [6.45, 7) is 5.48. The molecule has 7 nitrogen and oxygen atoms in total. The number of likely N-dealkylation sites (N-methyl/N-ethyl adjacent to an activating group) is 1. The number of hydrogen-bond acceptors (Lipinski definition) is 5. The Labute approximate surface area is 140 Å². The van der Waals surface area contributed by atoms with Crippen LogP contribution in [-0.2, 0) is 9.59 Å². The van der Waals surface area contributed by atoms with Crippen molar-refractivity contribution in [1.29, 1.82) is 0 Å². The van der Waals surface area contributed by atoms with Crippen LogP contribution in [-0.4, -0.2) is 42.1 Å². The highest BCUT2D eigenvalue weighted by atomic mass is 16.5. The molecule has 0 spiro atoms. The third-order valence-corrected chi connectivity index (χ3v) is 3.54. The van der Waals surface area contributed by atoms with Crippen LogP contribution >= 0.6 is 0 Å². The van der Waals surface area contributed by atoms with E-state index < -0.39 is 0 Å². The van der Waals surface area contributed by atoms with Gasteiger partial charge in [-0.3, -0.25) is 9.59 Å². The van der Waals surface area contributed by atoms with E-state index in [1.165, 1.54) is 4.90 Å². The Morgan fingerprint density at radius 2 is 1.96 bits per heavy atom. The molecule has 0 aliphatic rings. The maximum absolute atomic E-state index is 12.0. The molecule has 2 amide bonds. The molecule has 0 saturated carbocycles. The number of carbonyl (C=O) groups excluding carboxylic acids is 2. The van der Waals surface area contributed by atoms with E-state index in [1.54, 1.807) is 20.0 Å². The second-order valence-electron chi connectivity index (χ2n) is 5.66. The number of ether oxygens (including phenoxy) is 1. The first-order chi connectivity index (χ1) is 11.3. The zero-order valence-corrected chi connectivity index (χ0v) is 14.3. The predicted molar refractivity (Wildman–Crippen MR) is 88.9 cm³/mol. The summed E-state index contributed by atoms with van der Waals surface area (Å²) >= 11 is 0. The van der Waals surface area contributed by atoms with Crippen molar-refractivity contribution >= 4 is 17.6 Å². The minimum atomic E-state index is -0.356. The quantitative estimate of drug-likeness (QED) is 0.876. The zero-order chi connectivity index (χ0) is 17.7. The Kier molecular flexibility index (Phi) is 5.57. The van der Waals surface area contributed by atoms with Gasteiger partial charge in [-0.2, -0.15) is 0 Å². The number of nitrogens with one attached hydrogen (secondary N) is 1. The van der Waals surface area contributed by atoms with E-state index in [1.807, 2.05) is 32.0 Å². The fourth-order valence-electron chi connectivity index (χ4n) is 1.97. The average Bonchev–Trinajstić information content (AvgIpc) is 2.92. The third-order valence-electron chi connectivity index (χ3n) is 3.54. The highest BCUT2D eigenvalue weighted by Gasteiger charge is 2.15. The topological polar surface area (TPSA) is 84.7 Å². The van der Waals surface area contributed by atoms with Crippen molar-refractivity contribution < 1.29 is 18.8 Å². The summed E-state index contributed by atoms with van der Waals surface area (Å²) in [4.78, 5) is 25.2. The van der Waals surface area contributed by atoms with Crippen LogP contribution in [0.15, 0.2) is 28.8 Å². The molecule has 0 aliphatic heterocycles. The summed E-state index contributed by atoms with van der Waals surface area (Å²) in [5.41, 5.74) is 2.25. The first-order valence-electron chi connectivity index (χ1n) is 7.52. The van der Waals surface area contributed by atoms with Crippen LogP contribution in [0.4, 0.5) is 5.82 Å². The molecule has 0 atom stereocenters. The highest BCUT2D eigenvalue weighted by Crippen LogP contribution is 2.16. The Morgan fingerprint density at radius 1 is 1.21 bits per heavy atom. The number of carbonyl (C=O) groups is 2. The van der Waals surface area contributed by atoms with Gasteiger partial charge in [0.1, 0.15) is 11.5 Å². The molecule has 24 heavy (non-hydrogen) atoms. The number of nitrogens with zero attached hydrogens (tertiary/aromatic N) is 2. The van der Waals surface area contributed by atoms with Crippen molar-refractivity contribution in [1.82, 2.24) is 10.1 Å². The molecule has 0 aliphatic carbocycles. The fourth-order valence-corrected chi connectivity index (χ4v) is 1.97. The molecule has 2 aromatic rings. The van der Waals surface area contributed by atoms with E-state index in [2.05, 4.69) is 10.5 Å². The van der Waals surface area contributed by atoms with E-state index >= 15 is 0 Å². The summed E-state index contributed by atoms with van der Waals surface area (Å²) in [7, 11) is 1.54. The molecule has 0 fully saturated rings. The number of rotatable bonds is 6. The summed E-state index contributed by atoms with van der Waals surface area (Å²) in [5.74, 6) is 0.897. The lowest BCUT2D eigenvalue weighted by Crippen LogP contribution is -2.37. The molecule has 1 aromatic carbocycles. The van der Waals surface area contributed by atoms with E-state index in [-0.39, 0.29) is 25.0 Å². The molecular weight excluding hydrogens is 310 g/mol. The van der Waals surface area contributed by atoms with Crippen molar-refractivity contribution in [3.05, 3.63) is 41.2 Å². The van der Waals surface area contributed by atoms with Crippen LogP contribution in [0, 0.1) is 20.8 Å². The van der Waals surface area contributed by atoms with Gasteiger partial charge in [0.05, 0.1) is 6.54 Å². The summed E-state index contributed by atoms with van der Waals surface area (Å²) < 4.78 is 10.3. The monoisotopic (exact) mass is 331 g/mol. The maximum Gasteiger partial charge on any atom is 0.260 e. The van der Waals surface area contributed by atoms with E-state index in [4.69, 9.17) is 9.26 Å². The Bertz CT molecular complexity index is 739. The van der Waals surface area contributed by atoms with Gasteiger partial charge in [0, 0.05) is 13.1 Å². The van der Waals surface area contributed by atoms with Crippen LogP contribution in [0.1, 0.15) is 16.9 Å². The van der Waals surface area contributed by atoms with Crippen LogP contribution in [0.5, 0.6) is 5.75 Å². The molecule has 0 radical (unpaired) electrons. The van der Waals surface area contributed by atoms with Gasteiger partial charge in [0.25, 0.3) is 5.91 Å². The van der Waals surface area contributed by atoms with Crippen molar-refractivity contribution in [2.75, 3.05) is 25.5 Å². The average molecular weight is 331 g/mol. The summed E-state index contributed by atoms with van der Waals surface area (Å²) in [6.07, 6.45) is 0. The van der Waals surface area contributed by atoms with Crippen molar-refractivity contribution in [2.24, 2.45) is 0 Å². The molecule has 1 aromatic heterocycles. The maximum atomic E-state index is 12.0. The smallest absolute Gasteiger partial charge is 0.260 e. The van der Waals surface area contributed by atoms with E-state index in [9.17, 15) is 9.59 Å². The number of benzene rings is 1. The van der Waals surface area contributed by atoms with Gasteiger partial charge in [-0.25, -0.2) is 0 Å². The lowest BCUT2D eigenvalue weighted by Gasteiger charge is -2.17. The third kappa shape index (κ3) is 4.84. The van der Waals surface area contributed by atoms with Crippen molar-refractivity contribution in [3.63, 3.8) is 0 Å². The second kappa shape index (κ2) is 7.63. The summed E-state index contributed by atoms with van der Waals surface area (Å²) in [5, 5.41) is 6.22. The van der Waals surface area contributed by atoms with E-state index in [0.717, 1.165) is 11.1 Å². The number of hydrogen-bond donors (Lipinski definition) is 1. The number of aryl methyl sites for hydroxylation is 3. The lowest BCUT2D eigenvalue weighted by atomic mass is 10.1. The van der Waals surface area contributed by atoms with Gasteiger partial charge in [0.2, 0.25) is 5.91 Å². The number of anilines is 1. The minimum Gasteiger partial charge on any atom is -0.484 e. The van der Waals surface area contributed by atoms with Gasteiger partial charge >= 0.3 is 0 Å². The highest BCUT2D eigenvalue weighted by molar-refractivity contribution is 5.93. The Balaban J connectivity index is 1.80. The number of amides is 2. The molecule has 2 rings (SSSR count). The standard InChI is InChI=1S/C17H21N3O4/c1-11-5-6-14(7-12(11)2)23-10-17(22)20(4)9-16(21)18-15-8-13(3)24-19-15/h5-8H,9-10H2,1-4H3,(H,18,19,21). The van der Waals surface area contributed by atoms with Gasteiger partial charge < -0.3 is 19.5 Å². The van der Waals surface area contributed by atoms with Crippen molar-refractivity contribution in [3.8, 4) is 5.75 Å². The lowest BCUT2D eigenvalue weighted by molar-refractivity contribution is -0.135. The minimum absolute atomic E-state index is 0.0962. The molecule has 0 unspecified atom stereocenters. The molecular formula is C17H21N3O4. The Morgan fingerprint density at radius 3 is 2.58 bits per heavy atom. The Hall–Kier alpha value is -2.83. The van der Waals surface area contributed by atoms with Crippen molar-refractivity contribution in [2.45, 2.75) is 20.8 Å². The van der Waals surface area contributed by atoms with Gasteiger partial charge in [-0.15, -0.1) is 0 Å². The molecule has 0 bridgehead atoms. The molecule has 1 N–H and O–H groups in total. The van der Waals surface area contributed by atoms with Gasteiger partial charge in [-0.1, -0.05) is 11.2 Å². The van der Waals surface area contributed by atoms with Crippen LogP contribution in [0.2, 0.25) is 0 Å². The van der Waals surface area contributed by atoms with Crippen LogP contribution < -0.4 is 10.1 Å². The fraction of sp³-hybridized carbons (Fsp3) is 0.353. The largest absolute Gasteiger partial charge is 0.484 e. The number of aromatic nitrogens is 1. The molecule has 128 valence electrons. The molecule has 7 heteroatoms.